The number of hydrogen-bond donors (Lipinski definition) is 0. The first-order chi connectivity index (χ1) is 9.67. The van der Waals surface area contributed by atoms with Crippen LogP contribution in [0.4, 0.5) is 0 Å². The van der Waals surface area contributed by atoms with Crippen LogP contribution in [0.25, 0.3) is 5.70 Å². The average molecular weight is 291 g/mol. The van der Waals surface area contributed by atoms with Gasteiger partial charge >= 0.3 is 0 Å². The fraction of sp³-hybridized carbons (Fsp3) is 0.333. The first-order valence-corrected chi connectivity index (χ1v) is 6.85. The molecule has 2 rings (SSSR count). The number of benzene rings is 1. The number of ether oxygens (including phenoxy) is 1. The first kappa shape index (κ1) is 14.4. The molecule has 0 saturated carbocycles. The highest BCUT2D eigenvalue weighted by atomic mass is 35.5. The number of hydrogen-bond acceptors (Lipinski definition) is 3. The van der Waals surface area contributed by atoms with Gasteiger partial charge in [0, 0.05) is 24.2 Å². The summed E-state index contributed by atoms with van der Waals surface area (Å²) in [6, 6.07) is 7.15. The number of nitriles is 1. The lowest BCUT2D eigenvalue weighted by Crippen LogP contribution is -2.31. The van der Waals surface area contributed by atoms with Crippen LogP contribution in [-0.2, 0) is 4.79 Å². The lowest BCUT2D eigenvalue weighted by Gasteiger charge is -2.28. The summed E-state index contributed by atoms with van der Waals surface area (Å²) in [5.41, 5.74) is 1.66. The molecule has 1 amide bonds. The molecule has 0 radical (unpaired) electrons. The maximum absolute atomic E-state index is 11.9. The Morgan fingerprint density at radius 3 is 2.95 bits per heavy atom. The van der Waals surface area contributed by atoms with Gasteiger partial charge in [-0.15, -0.1) is 0 Å². The molecule has 5 heteroatoms. The molecule has 0 bridgehead atoms. The van der Waals surface area contributed by atoms with E-state index >= 15 is 0 Å². The summed E-state index contributed by atoms with van der Waals surface area (Å²) in [6.07, 6.45) is 3.30. The zero-order chi connectivity index (χ0) is 14.5. The van der Waals surface area contributed by atoms with Gasteiger partial charge in [-0.2, -0.15) is 5.26 Å². The summed E-state index contributed by atoms with van der Waals surface area (Å²) in [5.74, 6) is 0.664. The SMILES string of the molecule is CCN1C(=O)CCC=C1c1ccc(OCC#N)cc1Cl. The molecule has 0 aromatic heterocycles. The molecule has 0 aliphatic carbocycles. The van der Waals surface area contributed by atoms with Crippen molar-refractivity contribution in [3.05, 3.63) is 34.9 Å². The molecule has 1 aromatic carbocycles. The monoisotopic (exact) mass is 290 g/mol. The molecule has 0 fully saturated rings. The third-order valence-corrected chi connectivity index (χ3v) is 3.44. The van der Waals surface area contributed by atoms with Gasteiger partial charge in [0.1, 0.15) is 11.8 Å². The van der Waals surface area contributed by atoms with Gasteiger partial charge in [0.2, 0.25) is 5.91 Å². The van der Waals surface area contributed by atoms with E-state index in [-0.39, 0.29) is 12.5 Å². The highest BCUT2D eigenvalue weighted by Gasteiger charge is 2.22. The van der Waals surface area contributed by atoms with Crippen molar-refractivity contribution in [1.29, 1.82) is 5.26 Å². The summed E-state index contributed by atoms with van der Waals surface area (Å²) in [5, 5.41) is 9.00. The Hall–Kier alpha value is -1.99. The maximum Gasteiger partial charge on any atom is 0.227 e. The summed E-state index contributed by atoms with van der Waals surface area (Å²) >= 11 is 6.27. The number of nitrogens with zero attached hydrogens (tertiary/aromatic N) is 2. The molecule has 1 aliphatic heterocycles. The molecule has 1 aliphatic rings. The topological polar surface area (TPSA) is 53.3 Å². The number of rotatable bonds is 4. The maximum atomic E-state index is 11.9. The predicted molar refractivity (Wildman–Crippen MR) is 77.2 cm³/mol. The number of halogens is 1. The van der Waals surface area contributed by atoms with E-state index in [1.807, 2.05) is 25.1 Å². The average Bonchev–Trinajstić information content (AvgIpc) is 2.45. The van der Waals surface area contributed by atoms with Crippen molar-refractivity contribution in [2.45, 2.75) is 19.8 Å². The molecule has 0 N–H and O–H groups in total. The van der Waals surface area contributed by atoms with Crippen LogP contribution in [0.3, 0.4) is 0 Å². The van der Waals surface area contributed by atoms with Crippen LogP contribution in [0, 0.1) is 11.3 Å². The lowest BCUT2D eigenvalue weighted by molar-refractivity contribution is -0.128. The van der Waals surface area contributed by atoms with E-state index in [2.05, 4.69) is 0 Å². The Bertz CT molecular complexity index is 590. The fourth-order valence-electron chi connectivity index (χ4n) is 2.22. The van der Waals surface area contributed by atoms with Gasteiger partial charge in [-0.05, 0) is 31.5 Å². The number of allylic oxidation sites excluding steroid dienone is 1. The van der Waals surface area contributed by atoms with Crippen LogP contribution in [0.15, 0.2) is 24.3 Å². The molecule has 1 heterocycles. The van der Waals surface area contributed by atoms with Crippen molar-refractivity contribution in [2.24, 2.45) is 0 Å². The second kappa shape index (κ2) is 6.44. The van der Waals surface area contributed by atoms with Crippen LogP contribution in [0.5, 0.6) is 5.75 Å². The number of carbonyl (C=O) groups is 1. The lowest BCUT2D eigenvalue weighted by atomic mass is 10.0. The summed E-state index contributed by atoms with van der Waals surface area (Å²) in [7, 11) is 0. The summed E-state index contributed by atoms with van der Waals surface area (Å²) in [6.45, 7) is 2.54. The minimum Gasteiger partial charge on any atom is -0.479 e. The molecule has 0 atom stereocenters. The Morgan fingerprint density at radius 2 is 2.30 bits per heavy atom. The van der Waals surface area contributed by atoms with Crippen molar-refractivity contribution < 1.29 is 9.53 Å². The Balaban J connectivity index is 2.31. The van der Waals surface area contributed by atoms with Gasteiger partial charge in [0.25, 0.3) is 0 Å². The van der Waals surface area contributed by atoms with E-state index in [4.69, 9.17) is 21.6 Å². The standard InChI is InChI=1S/C15H15ClN2O2/c1-2-18-14(4-3-5-15(18)19)12-7-6-11(10-13(12)16)20-9-8-17/h4,6-7,10H,2-3,5,9H2,1H3. The molecule has 4 nitrogen and oxygen atoms in total. The van der Waals surface area contributed by atoms with E-state index in [1.54, 1.807) is 17.0 Å². The molecule has 104 valence electrons. The van der Waals surface area contributed by atoms with Crippen molar-refractivity contribution in [3.63, 3.8) is 0 Å². The van der Waals surface area contributed by atoms with E-state index in [1.165, 1.54) is 0 Å². The molecule has 20 heavy (non-hydrogen) atoms. The number of carbonyl (C=O) groups excluding carboxylic acids is 1. The van der Waals surface area contributed by atoms with Crippen LogP contribution in [0.2, 0.25) is 5.02 Å². The minimum absolute atomic E-state index is 0.0159. The number of amides is 1. The highest BCUT2D eigenvalue weighted by molar-refractivity contribution is 6.32. The largest absolute Gasteiger partial charge is 0.479 e. The molecular weight excluding hydrogens is 276 g/mol. The zero-order valence-electron chi connectivity index (χ0n) is 11.2. The second-order valence-corrected chi connectivity index (χ2v) is 4.76. The third kappa shape index (κ3) is 2.94. The van der Waals surface area contributed by atoms with Crippen molar-refractivity contribution >= 4 is 23.2 Å². The van der Waals surface area contributed by atoms with Crippen LogP contribution < -0.4 is 4.74 Å². The van der Waals surface area contributed by atoms with Gasteiger partial charge in [-0.25, -0.2) is 0 Å². The minimum atomic E-state index is -0.0159. The van der Waals surface area contributed by atoms with Gasteiger partial charge in [0.05, 0.1) is 5.02 Å². The van der Waals surface area contributed by atoms with Gasteiger partial charge in [-0.1, -0.05) is 17.7 Å². The quantitative estimate of drug-likeness (QED) is 0.855. The van der Waals surface area contributed by atoms with Gasteiger partial charge in [-0.3, -0.25) is 4.79 Å². The van der Waals surface area contributed by atoms with Crippen LogP contribution >= 0.6 is 11.6 Å². The van der Waals surface area contributed by atoms with E-state index in [0.717, 1.165) is 17.7 Å². The molecular formula is C15H15ClN2O2. The van der Waals surface area contributed by atoms with Gasteiger partial charge < -0.3 is 9.64 Å². The second-order valence-electron chi connectivity index (χ2n) is 4.35. The molecule has 0 spiro atoms. The van der Waals surface area contributed by atoms with Crippen LogP contribution in [0.1, 0.15) is 25.3 Å². The normalized spacial score (nSPS) is 14.8. The molecule has 0 unspecified atom stereocenters. The van der Waals surface area contributed by atoms with Crippen molar-refractivity contribution in [2.75, 3.05) is 13.2 Å². The first-order valence-electron chi connectivity index (χ1n) is 6.47. The molecule has 1 aromatic rings. The molecule has 0 saturated heterocycles. The van der Waals surface area contributed by atoms with E-state index < -0.39 is 0 Å². The third-order valence-electron chi connectivity index (χ3n) is 3.12. The van der Waals surface area contributed by atoms with E-state index in [9.17, 15) is 4.79 Å². The van der Waals surface area contributed by atoms with E-state index in [0.29, 0.717) is 23.7 Å². The van der Waals surface area contributed by atoms with Crippen LogP contribution in [-0.4, -0.2) is 24.0 Å². The summed E-state index contributed by atoms with van der Waals surface area (Å²) < 4.78 is 5.21. The Kier molecular flexibility index (Phi) is 4.65. The summed E-state index contributed by atoms with van der Waals surface area (Å²) in [4.78, 5) is 13.6. The Morgan fingerprint density at radius 1 is 1.50 bits per heavy atom. The zero-order valence-corrected chi connectivity index (χ0v) is 12.0. The fourth-order valence-corrected chi connectivity index (χ4v) is 2.49. The smallest absolute Gasteiger partial charge is 0.227 e. The highest BCUT2D eigenvalue weighted by Crippen LogP contribution is 2.32. The predicted octanol–water partition coefficient (Wildman–Crippen LogP) is 3.23. The van der Waals surface area contributed by atoms with Crippen molar-refractivity contribution in [3.8, 4) is 11.8 Å². The Labute approximate surface area is 123 Å². The van der Waals surface area contributed by atoms with Gasteiger partial charge in [0.15, 0.2) is 6.61 Å². The van der Waals surface area contributed by atoms with Crippen molar-refractivity contribution in [1.82, 2.24) is 4.90 Å².